The zero-order valence-electron chi connectivity index (χ0n) is 14.6. The number of hydrogen-bond acceptors (Lipinski definition) is 3. The molecule has 2 N–H and O–H groups in total. The first-order valence-corrected chi connectivity index (χ1v) is 8.82. The number of pyridine rings is 1. The molecule has 0 spiro atoms. The van der Waals surface area contributed by atoms with Crippen molar-refractivity contribution < 1.29 is 5.11 Å². The first-order chi connectivity index (χ1) is 11.9. The van der Waals surface area contributed by atoms with Gasteiger partial charge in [0, 0.05) is 16.3 Å². The van der Waals surface area contributed by atoms with Gasteiger partial charge in [-0.05, 0) is 61.8 Å². The molecule has 2 rings (SSSR count). The van der Waals surface area contributed by atoms with Crippen LogP contribution in [-0.4, -0.2) is 10.1 Å². The first-order valence-electron chi connectivity index (χ1n) is 8.44. The second kappa shape index (κ2) is 8.33. The molecule has 132 valence electrons. The number of rotatable bonds is 7. The molecule has 25 heavy (non-hydrogen) atoms. The summed E-state index contributed by atoms with van der Waals surface area (Å²) >= 11 is 5.70. The minimum Gasteiger partial charge on any atom is -0.384 e. The zero-order chi connectivity index (χ0) is 18.6. The number of nitrogens with one attached hydrogen (secondary N) is 1. The first kappa shape index (κ1) is 19.2. The number of aromatic nitrogens is 1. The lowest BCUT2D eigenvalue weighted by atomic mass is 9.91. The van der Waals surface area contributed by atoms with Gasteiger partial charge in [-0.25, -0.2) is 0 Å². The van der Waals surface area contributed by atoms with E-state index in [4.69, 9.17) is 16.9 Å². The van der Waals surface area contributed by atoms with Gasteiger partial charge in [0.2, 0.25) is 0 Å². The Hall–Kier alpha value is -2.09. The molecule has 1 unspecified atom stereocenters. The molecule has 0 saturated heterocycles. The SMILES string of the molecule is C=C(Cl)/C=C(C#N)\C=C\C(O)c1c(CC2CC2)c(C)[nH]c(=O)c1CC. The third kappa shape index (κ3) is 4.94. The van der Waals surface area contributed by atoms with Crippen LogP contribution in [0.15, 0.2) is 40.2 Å². The molecule has 0 radical (unpaired) electrons. The van der Waals surface area contributed by atoms with E-state index in [1.807, 2.05) is 19.9 Å². The lowest BCUT2D eigenvalue weighted by molar-refractivity contribution is 0.225. The molecule has 1 aromatic heterocycles. The Balaban J connectivity index is 2.46. The molecular weight excluding hydrogens is 336 g/mol. The van der Waals surface area contributed by atoms with Crippen molar-refractivity contribution in [2.75, 3.05) is 0 Å². The highest BCUT2D eigenvalue weighted by Gasteiger charge is 2.27. The highest BCUT2D eigenvalue weighted by atomic mass is 35.5. The van der Waals surface area contributed by atoms with Gasteiger partial charge < -0.3 is 10.1 Å². The highest BCUT2D eigenvalue weighted by Crippen LogP contribution is 2.36. The molecule has 1 heterocycles. The Bertz CT molecular complexity index is 823. The molecule has 0 aromatic carbocycles. The standard InChI is InChI=1S/C20H23ClN2O2/c1-4-16-19(18(24)8-7-15(11-22)9-12(2)21)17(10-14-5-6-14)13(3)23-20(16)25/h7-9,14,18,24H,2,4-6,10H2,1,3H3,(H,23,25)/b8-7+,15-9+. The molecule has 1 saturated carbocycles. The Morgan fingerprint density at radius 2 is 2.20 bits per heavy atom. The number of allylic oxidation sites excluding steroid dienone is 4. The summed E-state index contributed by atoms with van der Waals surface area (Å²) < 4.78 is 0. The van der Waals surface area contributed by atoms with E-state index >= 15 is 0 Å². The summed E-state index contributed by atoms with van der Waals surface area (Å²) in [5, 5.41) is 20.1. The Kier molecular flexibility index (Phi) is 6.41. The number of nitriles is 1. The van der Waals surface area contributed by atoms with Gasteiger partial charge in [-0.2, -0.15) is 5.26 Å². The average Bonchev–Trinajstić information content (AvgIpc) is 3.36. The van der Waals surface area contributed by atoms with E-state index in [1.165, 1.54) is 31.1 Å². The lowest BCUT2D eigenvalue weighted by Gasteiger charge is -2.19. The molecule has 5 heteroatoms. The van der Waals surface area contributed by atoms with Crippen LogP contribution < -0.4 is 5.56 Å². The van der Waals surface area contributed by atoms with E-state index in [2.05, 4.69) is 11.6 Å². The van der Waals surface area contributed by atoms with Crippen molar-refractivity contribution in [3.8, 4) is 6.07 Å². The van der Waals surface area contributed by atoms with Gasteiger partial charge in [-0.3, -0.25) is 4.79 Å². The monoisotopic (exact) mass is 358 g/mol. The van der Waals surface area contributed by atoms with E-state index in [1.54, 1.807) is 0 Å². The van der Waals surface area contributed by atoms with Crippen molar-refractivity contribution in [3.63, 3.8) is 0 Å². The van der Waals surface area contributed by atoms with Gasteiger partial charge in [0.05, 0.1) is 17.7 Å². The normalized spacial score (nSPS) is 16.0. The fourth-order valence-corrected chi connectivity index (χ4v) is 3.10. The van der Waals surface area contributed by atoms with Crippen molar-refractivity contribution in [1.82, 2.24) is 4.98 Å². The number of nitrogens with zero attached hydrogens (tertiary/aromatic N) is 1. The quantitative estimate of drug-likeness (QED) is 0.571. The number of hydrogen-bond donors (Lipinski definition) is 2. The van der Waals surface area contributed by atoms with Crippen LogP contribution in [0.25, 0.3) is 0 Å². The summed E-state index contributed by atoms with van der Waals surface area (Å²) in [4.78, 5) is 15.2. The van der Waals surface area contributed by atoms with Gasteiger partial charge >= 0.3 is 0 Å². The van der Waals surface area contributed by atoms with Crippen LogP contribution in [0.4, 0.5) is 0 Å². The van der Waals surface area contributed by atoms with Gasteiger partial charge in [-0.1, -0.05) is 31.2 Å². The van der Waals surface area contributed by atoms with E-state index in [0.717, 1.165) is 17.7 Å². The topological polar surface area (TPSA) is 76.9 Å². The Morgan fingerprint density at radius 1 is 1.52 bits per heavy atom. The molecule has 0 bridgehead atoms. The van der Waals surface area contributed by atoms with Crippen molar-refractivity contribution >= 4 is 11.6 Å². The summed E-state index contributed by atoms with van der Waals surface area (Å²) in [6.07, 6.45) is 7.27. The largest absolute Gasteiger partial charge is 0.384 e. The van der Waals surface area contributed by atoms with Gasteiger partial charge in [0.1, 0.15) is 0 Å². The molecule has 1 fully saturated rings. The van der Waals surface area contributed by atoms with Gasteiger partial charge in [0.25, 0.3) is 5.56 Å². The number of aliphatic hydroxyl groups is 1. The van der Waals surface area contributed by atoms with E-state index < -0.39 is 6.10 Å². The number of aryl methyl sites for hydroxylation is 1. The minimum atomic E-state index is -0.954. The molecule has 0 amide bonds. The molecule has 1 atom stereocenters. The maximum Gasteiger partial charge on any atom is 0.251 e. The Labute approximate surface area is 153 Å². The van der Waals surface area contributed by atoms with Crippen LogP contribution in [0.5, 0.6) is 0 Å². The van der Waals surface area contributed by atoms with Gasteiger partial charge in [-0.15, -0.1) is 0 Å². The summed E-state index contributed by atoms with van der Waals surface area (Å²) in [6.45, 7) is 7.30. The van der Waals surface area contributed by atoms with Crippen molar-refractivity contribution in [1.29, 1.82) is 5.26 Å². The van der Waals surface area contributed by atoms with Crippen LogP contribution in [0.3, 0.4) is 0 Å². The van der Waals surface area contributed by atoms with Crippen LogP contribution >= 0.6 is 11.6 Å². The van der Waals surface area contributed by atoms with E-state index in [-0.39, 0.29) is 10.6 Å². The van der Waals surface area contributed by atoms with Crippen molar-refractivity contribution in [2.45, 2.75) is 45.6 Å². The third-order valence-corrected chi connectivity index (χ3v) is 4.53. The molecule has 4 nitrogen and oxygen atoms in total. The van der Waals surface area contributed by atoms with E-state index in [0.29, 0.717) is 29.0 Å². The summed E-state index contributed by atoms with van der Waals surface area (Å²) in [5.74, 6) is 0.623. The van der Waals surface area contributed by atoms with Crippen molar-refractivity contribution in [2.24, 2.45) is 5.92 Å². The molecule has 1 aliphatic carbocycles. The van der Waals surface area contributed by atoms with E-state index in [9.17, 15) is 9.90 Å². The number of H-pyrrole nitrogens is 1. The maximum absolute atomic E-state index is 12.3. The summed E-state index contributed by atoms with van der Waals surface area (Å²) in [6, 6.07) is 2.00. The second-order valence-corrected chi connectivity index (χ2v) is 6.90. The van der Waals surface area contributed by atoms with Crippen LogP contribution in [0.1, 0.15) is 48.3 Å². The lowest BCUT2D eigenvalue weighted by Crippen LogP contribution is -2.21. The second-order valence-electron chi connectivity index (χ2n) is 6.41. The Morgan fingerprint density at radius 3 is 2.72 bits per heavy atom. The fourth-order valence-electron chi connectivity index (χ4n) is 2.99. The van der Waals surface area contributed by atoms with Crippen molar-refractivity contribution in [3.05, 3.63) is 68.2 Å². The smallest absolute Gasteiger partial charge is 0.251 e. The van der Waals surface area contributed by atoms with Crippen LogP contribution in [-0.2, 0) is 12.8 Å². The van der Waals surface area contributed by atoms with Crippen LogP contribution in [0, 0.1) is 24.2 Å². The molecule has 1 aliphatic rings. The minimum absolute atomic E-state index is 0.160. The summed E-state index contributed by atoms with van der Waals surface area (Å²) in [7, 11) is 0. The zero-order valence-corrected chi connectivity index (χ0v) is 15.4. The fraction of sp³-hybridized carbons (Fsp3) is 0.400. The number of halogens is 1. The maximum atomic E-state index is 12.3. The predicted molar refractivity (Wildman–Crippen MR) is 100 cm³/mol. The number of aliphatic hydroxyl groups excluding tert-OH is 1. The molecular formula is C20H23ClN2O2. The third-order valence-electron chi connectivity index (χ3n) is 4.42. The average molecular weight is 359 g/mol. The molecule has 0 aliphatic heterocycles. The van der Waals surface area contributed by atoms with Gasteiger partial charge in [0.15, 0.2) is 0 Å². The summed E-state index contributed by atoms with van der Waals surface area (Å²) in [5.41, 5.74) is 3.23. The molecule has 1 aromatic rings. The highest BCUT2D eigenvalue weighted by molar-refractivity contribution is 6.30. The number of aromatic amines is 1. The predicted octanol–water partition coefficient (Wildman–Crippen LogP) is 3.99. The van der Waals surface area contributed by atoms with Crippen LogP contribution in [0.2, 0.25) is 0 Å².